The van der Waals surface area contributed by atoms with Crippen molar-refractivity contribution in [3.05, 3.63) is 71.8 Å². The molecule has 5 nitrogen and oxygen atoms in total. The number of ether oxygens (including phenoxy) is 1. The van der Waals surface area contributed by atoms with Gasteiger partial charge >= 0.3 is 6.18 Å². The van der Waals surface area contributed by atoms with Crippen molar-refractivity contribution in [2.45, 2.75) is 32.7 Å². The van der Waals surface area contributed by atoms with Crippen LogP contribution in [0.2, 0.25) is 0 Å². The second-order valence-electron chi connectivity index (χ2n) is 6.93. The van der Waals surface area contributed by atoms with Crippen molar-refractivity contribution >= 4 is 11.7 Å². The van der Waals surface area contributed by atoms with E-state index in [1.165, 1.54) is 6.92 Å². The Hall–Kier alpha value is -3.13. The number of nitrogens with zero attached hydrogens (tertiary/aromatic N) is 2. The third-order valence-electron chi connectivity index (χ3n) is 4.49. The van der Waals surface area contributed by atoms with Gasteiger partial charge in [0.25, 0.3) is 5.91 Å². The molecule has 1 aromatic heterocycles. The zero-order chi connectivity index (χ0) is 21.7. The summed E-state index contributed by atoms with van der Waals surface area (Å²) in [7, 11) is 0. The smallest absolute Gasteiger partial charge is 0.359 e. The van der Waals surface area contributed by atoms with Gasteiger partial charge in [0.1, 0.15) is 18.5 Å². The zero-order valence-corrected chi connectivity index (χ0v) is 16.6. The van der Waals surface area contributed by atoms with E-state index in [0.717, 1.165) is 16.7 Å². The Labute approximate surface area is 172 Å². The van der Waals surface area contributed by atoms with Crippen molar-refractivity contribution < 1.29 is 22.7 Å². The van der Waals surface area contributed by atoms with E-state index < -0.39 is 24.8 Å². The fourth-order valence-corrected chi connectivity index (χ4v) is 2.91. The maximum atomic E-state index is 12.4. The molecule has 2 aromatic carbocycles. The summed E-state index contributed by atoms with van der Waals surface area (Å²) in [5.41, 5.74) is 3.54. The first kappa shape index (κ1) is 21.6. The number of aromatic nitrogens is 2. The molecule has 0 saturated heterocycles. The second-order valence-corrected chi connectivity index (χ2v) is 6.93. The van der Waals surface area contributed by atoms with Gasteiger partial charge in [-0.15, -0.1) is 0 Å². The Balaban J connectivity index is 1.86. The molecule has 158 valence electrons. The molecule has 0 spiro atoms. The monoisotopic (exact) mass is 417 g/mol. The normalized spacial score (nSPS) is 12.6. The lowest BCUT2D eigenvalue weighted by Crippen LogP contribution is -2.32. The fraction of sp³-hybridized carbons (Fsp3) is 0.273. The van der Waals surface area contributed by atoms with Crippen molar-refractivity contribution in [1.82, 2.24) is 9.78 Å². The minimum atomic E-state index is -4.50. The summed E-state index contributed by atoms with van der Waals surface area (Å²) in [5.74, 6) is -0.297. The van der Waals surface area contributed by atoms with E-state index in [4.69, 9.17) is 0 Å². The summed E-state index contributed by atoms with van der Waals surface area (Å²) < 4.78 is 43.4. The molecule has 1 atom stereocenters. The number of carbonyl (C=O) groups excluding carboxylic acids is 1. The van der Waals surface area contributed by atoms with E-state index in [0.29, 0.717) is 18.1 Å². The number of hydrogen-bond donors (Lipinski definition) is 1. The Morgan fingerprint density at radius 2 is 1.80 bits per heavy atom. The molecular formula is C22H22F3N3O2. The van der Waals surface area contributed by atoms with Crippen LogP contribution in [0, 0.1) is 6.92 Å². The lowest BCUT2D eigenvalue weighted by molar-refractivity contribution is -0.184. The lowest BCUT2D eigenvalue weighted by atomic mass is 10.1. The third kappa shape index (κ3) is 5.70. The van der Waals surface area contributed by atoms with Crippen LogP contribution in [0.4, 0.5) is 19.0 Å². The summed E-state index contributed by atoms with van der Waals surface area (Å²) >= 11 is 0. The lowest BCUT2D eigenvalue weighted by Gasteiger charge is -2.15. The molecule has 1 amide bonds. The minimum absolute atomic E-state index is 0.379. The van der Waals surface area contributed by atoms with Gasteiger partial charge in [0.05, 0.1) is 12.2 Å². The number of amides is 1. The largest absolute Gasteiger partial charge is 0.411 e. The quantitative estimate of drug-likeness (QED) is 0.600. The summed E-state index contributed by atoms with van der Waals surface area (Å²) in [4.78, 5) is 12.4. The van der Waals surface area contributed by atoms with Crippen LogP contribution in [0.1, 0.15) is 18.1 Å². The molecule has 0 aliphatic carbocycles. The molecule has 0 aliphatic rings. The maximum absolute atomic E-state index is 12.4. The highest BCUT2D eigenvalue weighted by molar-refractivity contribution is 5.93. The summed E-state index contributed by atoms with van der Waals surface area (Å²) in [6.45, 7) is 2.14. The van der Waals surface area contributed by atoms with Crippen molar-refractivity contribution in [3.8, 4) is 11.3 Å². The van der Waals surface area contributed by atoms with Crippen LogP contribution in [0.15, 0.2) is 60.7 Å². The van der Waals surface area contributed by atoms with Crippen molar-refractivity contribution in [3.63, 3.8) is 0 Å². The van der Waals surface area contributed by atoms with Crippen molar-refractivity contribution in [1.29, 1.82) is 0 Å². The topological polar surface area (TPSA) is 56.1 Å². The van der Waals surface area contributed by atoms with Crippen LogP contribution in [0.3, 0.4) is 0 Å². The number of hydrogen-bond acceptors (Lipinski definition) is 3. The number of rotatable bonds is 7. The molecule has 1 N–H and O–H groups in total. The highest BCUT2D eigenvalue weighted by Gasteiger charge is 2.30. The van der Waals surface area contributed by atoms with Gasteiger partial charge in [0.15, 0.2) is 0 Å². The molecule has 0 radical (unpaired) electrons. The van der Waals surface area contributed by atoms with E-state index >= 15 is 0 Å². The van der Waals surface area contributed by atoms with E-state index in [-0.39, 0.29) is 0 Å². The predicted molar refractivity (Wildman–Crippen MR) is 108 cm³/mol. The molecular weight excluding hydrogens is 395 g/mol. The summed E-state index contributed by atoms with van der Waals surface area (Å²) in [6, 6.07) is 18.9. The summed E-state index contributed by atoms with van der Waals surface area (Å²) in [5, 5.41) is 7.26. The maximum Gasteiger partial charge on any atom is 0.411 e. The van der Waals surface area contributed by atoms with Gasteiger partial charge in [-0.2, -0.15) is 18.3 Å². The standard InChI is InChI=1S/C22H22F3N3O2/c1-15-8-6-7-11-18(15)19-12-20(26-21(29)16(2)30-14-22(23,24)25)28(27-19)13-17-9-4-3-5-10-17/h3-12,16H,13-14H2,1-2H3,(H,26,29)/t16-/m0/s1. The zero-order valence-electron chi connectivity index (χ0n) is 16.6. The summed E-state index contributed by atoms with van der Waals surface area (Å²) in [6.07, 6.45) is -5.77. The van der Waals surface area contributed by atoms with E-state index in [1.807, 2.05) is 61.5 Å². The highest BCUT2D eigenvalue weighted by Crippen LogP contribution is 2.26. The molecule has 0 aliphatic heterocycles. The molecule has 0 saturated carbocycles. The van der Waals surface area contributed by atoms with Gasteiger partial charge in [-0.05, 0) is 25.0 Å². The van der Waals surface area contributed by atoms with Crippen LogP contribution in [0.5, 0.6) is 0 Å². The molecule has 0 fully saturated rings. The molecule has 1 heterocycles. The van der Waals surface area contributed by atoms with Crippen LogP contribution >= 0.6 is 0 Å². The molecule has 0 unspecified atom stereocenters. The fourth-order valence-electron chi connectivity index (χ4n) is 2.91. The third-order valence-corrected chi connectivity index (χ3v) is 4.49. The molecule has 8 heteroatoms. The number of nitrogens with one attached hydrogen (secondary N) is 1. The highest BCUT2D eigenvalue weighted by atomic mass is 19.4. The van der Waals surface area contributed by atoms with Gasteiger partial charge < -0.3 is 10.1 Å². The number of carbonyl (C=O) groups is 1. The Morgan fingerprint density at radius 1 is 1.13 bits per heavy atom. The Kier molecular flexibility index (Phi) is 6.56. The van der Waals surface area contributed by atoms with Gasteiger partial charge in [-0.25, -0.2) is 4.68 Å². The first-order valence-electron chi connectivity index (χ1n) is 9.40. The van der Waals surface area contributed by atoms with E-state index in [1.54, 1.807) is 10.7 Å². The van der Waals surface area contributed by atoms with Gasteiger partial charge in [-0.1, -0.05) is 54.6 Å². The van der Waals surface area contributed by atoms with Gasteiger partial charge in [0, 0.05) is 11.6 Å². The molecule has 0 bridgehead atoms. The first-order chi connectivity index (χ1) is 14.2. The predicted octanol–water partition coefficient (Wildman–Crippen LogP) is 4.81. The van der Waals surface area contributed by atoms with Gasteiger partial charge in [-0.3, -0.25) is 4.79 Å². The number of benzene rings is 2. The van der Waals surface area contributed by atoms with Crippen molar-refractivity contribution in [2.75, 3.05) is 11.9 Å². The van der Waals surface area contributed by atoms with Crippen LogP contribution in [-0.4, -0.2) is 34.6 Å². The average molecular weight is 417 g/mol. The van der Waals surface area contributed by atoms with Crippen LogP contribution in [-0.2, 0) is 16.1 Å². The SMILES string of the molecule is Cc1ccccc1-c1cc(NC(=O)[C@H](C)OCC(F)(F)F)n(Cc2ccccc2)n1. The average Bonchev–Trinajstić information content (AvgIpc) is 3.08. The van der Waals surface area contributed by atoms with Crippen LogP contribution in [0.25, 0.3) is 11.3 Å². The van der Waals surface area contributed by atoms with Crippen molar-refractivity contribution in [2.24, 2.45) is 0 Å². The molecule has 3 aromatic rings. The van der Waals surface area contributed by atoms with Gasteiger partial charge in [0.2, 0.25) is 0 Å². The second kappa shape index (κ2) is 9.13. The number of alkyl halides is 3. The van der Waals surface area contributed by atoms with Crippen LogP contribution < -0.4 is 5.32 Å². The molecule has 3 rings (SSSR count). The van der Waals surface area contributed by atoms with E-state index in [2.05, 4.69) is 15.2 Å². The number of anilines is 1. The Bertz CT molecular complexity index is 1000. The first-order valence-corrected chi connectivity index (χ1v) is 9.40. The Morgan fingerprint density at radius 3 is 2.47 bits per heavy atom. The number of halogens is 3. The molecule has 30 heavy (non-hydrogen) atoms. The number of aryl methyl sites for hydroxylation is 1. The van der Waals surface area contributed by atoms with E-state index in [9.17, 15) is 18.0 Å². The minimum Gasteiger partial charge on any atom is -0.359 e.